The van der Waals surface area contributed by atoms with Gasteiger partial charge in [-0.05, 0) is 19.3 Å². The molecule has 4 nitrogen and oxygen atoms in total. The van der Waals surface area contributed by atoms with Crippen LogP contribution in [0.5, 0.6) is 0 Å². The lowest BCUT2D eigenvalue weighted by atomic mass is 9.76. The Hall–Kier alpha value is -1.53. The number of halogens is 2. The molecule has 0 radical (unpaired) electrons. The normalized spacial score (nSPS) is 19.4. The molecule has 1 aromatic heterocycles. The molecule has 1 heterocycles. The molecule has 6 heteroatoms. The van der Waals surface area contributed by atoms with Crippen LogP contribution in [-0.2, 0) is 6.54 Å². The van der Waals surface area contributed by atoms with Crippen LogP contribution in [0.3, 0.4) is 0 Å². The summed E-state index contributed by atoms with van der Waals surface area (Å²) in [5.41, 5.74) is -0.331. The Balaban J connectivity index is 1.91. The number of nitrogens with zero attached hydrogens (tertiary/aromatic N) is 2. The first-order valence-corrected chi connectivity index (χ1v) is 6.20. The zero-order chi connectivity index (χ0) is 13.6. The Morgan fingerprint density at radius 1 is 1.32 bits per heavy atom. The quantitative estimate of drug-likeness (QED) is 0.888. The van der Waals surface area contributed by atoms with Crippen molar-refractivity contribution >= 4 is 11.0 Å². The van der Waals surface area contributed by atoms with Crippen molar-refractivity contribution in [1.82, 2.24) is 9.55 Å². The zero-order valence-electron chi connectivity index (χ0n) is 10.2. The van der Waals surface area contributed by atoms with Crippen LogP contribution in [0.1, 0.15) is 19.3 Å². The average molecular weight is 268 g/mol. The van der Waals surface area contributed by atoms with Gasteiger partial charge in [0.25, 0.3) is 0 Å². The smallest absolute Gasteiger partial charge is 0.161 e. The molecule has 2 N–H and O–H groups in total. The van der Waals surface area contributed by atoms with E-state index in [1.54, 1.807) is 0 Å². The van der Waals surface area contributed by atoms with Crippen molar-refractivity contribution in [3.63, 3.8) is 0 Å². The molecule has 0 spiro atoms. The topological polar surface area (TPSA) is 58.3 Å². The second-order valence-corrected chi connectivity index (χ2v) is 5.12. The van der Waals surface area contributed by atoms with Crippen molar-refractivity contribution in [2.45, 2.75) is 37.5 Å². The highest BCUT2D eigenvalue weighted by molar-refractivity contribution is 5.75. The van der Waals surface area contributed by atoms with Crippen LogP contribution in [0.15, 0.2) is 18.5 Å². The van der Waals surface area contributed by atoms with Crippen molar-refractivity contribution in [2.75, 3.05) is 0 Å². The van der Waals surface area contributed by atoms with Crippen LogP contribution < -0.4 is 0 Å². The molecule has 3 rings (SSSR count). The fraction of sp³-hybridized carbons (Fsp3) is 0.462. The van der Waals surface area contributed by atoms with Gasteiger partial charge in [0.2, 0.25) is 0 Å². The van der Waals surface area contributed by atoms with Crippen molar-refractivity contribution in [3.8, 4) is 0 Å². The van der Waals surface area contributed by atoms with Crippen LogP contribution in [0.25, 0.3) is 11.0 Å². The first-order valence-electron chi connectivity index (χ1n) is 6.20. The molecule has 1 aromatic carbocycles. The van der Waals surface area contributed by atoms with E-state index < -0.39 is 23.3 Å². The van der Waals surface area contributed by atoms with E-state index in [1.165, 1.54) is 10.9 Å². The maximum absolute atomic E-state index is 13.2. The van der Waals surface area contributed by atoms with Crippen molar-refractivity contribution in [2.24, 2.45) is 0 Å². The summed E-state index contributed by atoms with van der Waals surface area (Å²) < 4.78 is 27.8. The Bertz CT molecular complexity index is 622. The monoisotopic (exact) mass is 268 g/mol. The van der Waals surface area contributed by atoms with E-state index in [0.717, 1.165) is 18.6 Å². The van der Waals surface area contributed by atoms with Crippen molar-refractivity contribution in [3.05, 3.63) is 30.1 Å². The van der Waals surface area contributed by atoms with Gasteiger partial charge in [-0.2, -0.15) is 0 Å². The Kier molecular flexibility index (Phi) is 2.79. The van der Waals surface area contributed by atoms with Crippen LogP contribution in [0.4, 0.5) is 8.78 Å². The highest BCUT2D eigenvalue weighted by Gasteiger charge is 2.41. The molecular weight excluding hydrogens is 254 g/mol. The van der Waals surface area contributed by atoms with Crippen LogP contribution in [0.2, 0.25) is 0 Å². The van der Waals surface area contributed by atoms with Gasteiger partial charge in [-0.25, -0.2) is 13.8 Å². The predicted octanol–water partition coefficient (Wildman–Crippen LogP) is 1.59. The fourth-order valence-electron chi connectivity index (χ4n) is 2.43. The number of aromatic nitrogens is 2. The average Bonchev–Trinajstić information content (AvgIpc) is 2.69. The Morgan fingerprint density at radius 2 is 2.00 bits per heavy atom. The summed E-state index contributed by atoms with van der Waals surface area (Å²) in [4.78, 5) is 3.96. The third-order valence-electron chi connectivity index (χ3n) is 3.87. The molecular formula is C13H14F2N2O2. The molecule has 1 saturated carbocycles. The SMILES string of the molecule is O[C@@H](Cn1cnc2cc(F)c(F)cc21)C1(O)CCC1. The standard InChI is InChI=1S/C13H14F2N2O2/c14-8-4-10-11(5-9(8)15)17(7-16-10)6-12(18)13(19)2-1-3-13/h4-5,7,12,18-19H,1-3,6H2/t12-/m0/s1. The van der Waals surface area contributed by atoms with Crippen LogP contribution in [0, 0.1) is 11.6 Å². The maximum atomic E-state index is 13.2. The minimum atomic E-state index is -1.06. The molecule has 1 atom stereocenters. The number of fused-ring (bicyclic) bond motifs is 1. The van der Waals surface area contributed by atoms with Gasteiger partial charge in [0.15, 0.2) is 11.6 Å². The molecule has 0 unspecified atom stereocenters. The molecule has 0 amide bonds. The maximum Gasteiger partial charge on any atom is 0.161 e. The van der Waals surface area contributed by atoms with E-state index in [2.05, 4.69) is 4.98 Å². The lowest BCUT2D eigenvalue weighted by Crippen LogP contribution is -2.49. The molecule has 0 bridgehead atoms. The summed E-state index contributed by atoms with van der Waals surface area (Å²) in [6.45, 7) is 0.109. The minimum Gasteiger partial charge on any atom is -0.388 e. The van der Waals surface area contributed by atoms with Gasteiger partial charge in [0.05, 0.1) is 29.5 Å². The summed E-state index contributed by atoms with van der Waals surface area (Å²) in [6, 6.07) is 2.07. The van der Waals surface area contributed by atoms with Gasteiger partial charge in [0, 0.05) is 12.1 Å². The molecule has 1 aliphatic carbocycles. The predicted molar refractivity (Wildman–Crippen MR) is 64.5 cm³/mol. The molecule has 102 valence electrons. The van der Waals surface area contributed by atoms with Gasteiger partial charge in [-0.1, -0.05) is 0 Å². The second kappa shape index (κ2) is 4.25. The first-order chi connectivity index (χ1) is 8.99. The minimum absolute atomic E-state index is 0.109. The molecule has 1 fully saturated rings. The Labute approximate surface area is 108 Å². The van der Waals surface area contributed by atoms with E-state index in [4.69, 9.17) is 0 Å². The van der Waals surface area contributed by atoms with Crippen molar-refractivity contribution in [1.29, 1.82) is 0 Å². The number of hydrogen-bond donors (Lipinski definition) is 2. The highest BCUT2D eigenvalue weighted by atomic mass is 19.2. The van der Waals surface area contributed by atoms with Gasteiger partial charge in [-0.3, -0.25) is 0 Å². The van der Waals surface area contributed by atoms with Gasteiger partial charge < -0.3 is 14.8 Å². The second-order valence-electron chi connectivity index (χ2n) is 5.12. The van der Waals surface area contributed by atoms with Crippen molar-refractivity contribution < 1.29 is 19.0 Å². The number of aliphatic hydroxyl groups is 2. The first kappa shape index (κ1) is 12.5. The van der Waals surface area contributed by atoms with E-state index in [9.17, 15) is 19.0 Å². The van der Waals surface area contributed by atoms with Gasteiger partial charge in [0.1, 0.15) is 6.10 Å². The summed E-state index contributed by atoms with van der Waals surface area (Å²) in [5, 5.41) is 20.0. The summed E-state index contributed by atoms with van der Waals surface area (Å²) in [6.07, 6.45) is 2.48. The van der Waals surface area contributed by atoms with E-state index in [-0.39, 0.29) is 6.54 Å². The summed E-state index contributed by atoms with van der Waals surface area (Å²) >= 11 is 0. The van der Waals surface area contributed by atoms with E-state index in [1.807, 2.05) is 0 Å². The molecule has 0 aliphatic heterocycles. The third kappa shape index (κ3) is 2.01. The number of aliphatic hydroxyl groups excluding tert-OH is 1. The fourth-order valence-corrected chi connectivity index (χ4v) is 2.43. The summed E-state index contributed by atoms with van der Waals surface area (Å²) in [5.74, 6) is -1.90. The lowest BCUT2D eigenvalue weighted by Gasteiger charge is -2.40. The highest BCUT2D eigenvalue weighted by Crippen LogP contribution is 2.35. The number of hydrogen-bond acceptors (Lipinski definition) is 3. The molecule has 1 aliphatic rings. The largest absolute Gasteiger partial charge is 0.388 e. The Morgan fingerprint density at radius 3 is 2.63 bits per heavy atom. The molecule has 2 aromatic rings. The molecule has 19 heavy (non-hydrogen) atoms. The van der Waals surface area contributed by atoms with E-state index >= 15 is 0 Å². The molecule has 0 saturated heterocycles. The van der Waals surface area contributed by atoms with Crippen LogP contribution >= 0.6 is 0 Å². The third-order valence-corrected chi connectivity index (χ3v) is 3.87. The summed E-state index contributed by atoms with van der Waals surface area (Å²) in [7, 11) is 0. The number of imidazole rings is 1. The van der Waals surface area contributed by atoms with E-state index in [0.29, 0.717) is 23.9 Å². The number of benzene rings is 1. The zero-order valence-corrected chi connectivity index (χ0v) is 10.2. The van der Waals surface area contributed by atoms with Crippen LogP contribution in [-0.4, -0.2) is 31.5 Å². The van der Waals surface area contributed by atoms with Gasteiger partial charge >= 0.3 is 0 Å². The van der Waals surface area contributed by atoms with Gasteiger partial charge in [-0.15, -0.1) is 0 Å². The lowest BCUT2D eigenvalue weighted by molar-refractivity contribution is -0.129. The number of rotatable bonds is 3.